The molecular weight excluding hydrogens is 208 g/mol. The molecule has 4 aliphatic rings. The van der Waals surface area contributed by atoms with Gasteiger partial charge in [0.05, 0.1) is 0 Å². The monoisotopic (exact) mass is 224 g/mol. The number of allylic oxidation sites excluding steroid dienone is 2. The first kappa shape index (κ1) is 9.72. The van der Waals surface area contributed by atoms with Crippen LogP contribution in [0.15, 0.2) is 11.1 Å². The topological polar surface area (TPSA) is 47.6 Å². The van der Waals surface area contributed by atoms with Gasteiger partial charge in [-0.2, -0.15) is 10.5 Å². The van der Waals surface area contributed by atoms with E-state index in [1.165, 1.54) is 37.7 Å². The Balaban J connectivity index is 1.83. The largest absolute Gasteiger partial charge is 0.192 e. The van der Waals surface area contributed by atoms with Gasteiger partial charge in [-0.15, -0.1) is 0 Å². The lowest BCUT2D eigenvalue weighted by molar-refractivity contribution is 0.146. The molecule has 86 valence electrons. The average Bonchev–Trinajstić information content (AvgIpc) is 3.08. The molecular formula is C15H16N2. The first-order valence-corrected chi connectivity index (χ1v) is 6.89. The Morgan fingerprint density at radius 3 is 1.88 bits per heavy atom. The molecule has 4 bridgehead atoms. The van der Waals surface area contributed by atoms with Gasteiger partial charge in [0, 0.05) is 0 Å². The molecule has 0 aromatic carbocycles. The highest BCUT2D eigenvalue weighted by Gasteiger charge is 2.62. The number of nitriles is 2. The van der Waals surface area contributed by atoms with Crippen molar-refractivity contribution in [2.24, 2.45) is 35.5 Å². The van der Waals surface area contributed by atoms with Crippen molar-refractivity contribution in [2.45, 2.75) is 32.1 Å². The zero-order valence-electron chi connectivity index (χ0n) is 9.89. The van der Waals surface area contributed by atoms with Crippen molar-refractivity contribution in [1.29, 1.82) is 10.5 Å². The highest BCUT2D eigenvalue weighted by molar-refractivity contribution is 5.46. The van der Waals surface area contributed by atoms with Gasteiger partial charge in [-0.3, -0.25) is 0 Å². The van der Waals surface area contributed by atoms with E-state index in [0.29, 0.717) is 17.4 Å². The zero-order valence-corrected chi connectivity index (χ0v) is 9.89. The van der Waals surface area contributed by atoms with E-state index in [0.717, 1.165) is 23.7 Å². The summed E-state index contributed by atoms with van der Waals surface area (Å²) >= 11 is 0. The summed E-state index contributed by atoms with van der Waals surface area (Å²) in [7, 11) is 0. The maximum atomic E-state index is 9.13. The molecule has 4 rings (SSSR count). The van der Waals surface area contributed by atoms with E-state index in [4.69, 9.17) is 10.5 Å². The highest BCUT2D eigenvalue weighted by atomic mass is 14.7. The van der Waals surface area contributed by atoms with Crippen LogP contribution in [-0.2, 0) is 0 Å². The molecule has 2 nitrogen and oxygen atoms in total. The quantitative estimate of drug-likeness (QED) is 0.469. The van der Waals surface area contributed by atoms with Crippen LogP contribution >= 0.6 is 0 Å². The summed E-state index contributed by atoms with van der Waals surface area (Å²) in [4.78, 5) is 0. The number of hydrogen-bond donors (Lipinski definition) is 0. The van der Waals surface area contributed by atoms with Crippen LogP contribution in [-0.4, -0.2) is 0 Å². The second kappa shape index (κ2) is 3.14. The summed E-state index contributed by atoms with van der Waals surface area (Å²) < 4.78 is 0. The molecule has 4 fully saturated rings. The minimum absolute atomic E-state index is 0.464. The molecule has 0 heterocycles. The average molecular weight is 224 g/mol. The van der Waals surface area contributed by atoms with E-state index >= 15 is 0 Å². The molecule has 0 radical (unpaired) electrons. The number of nitrogens with zero attached hydrogens (tertiary/aromatic N) is 2. The summed E-state index contributed by atoms with van der Waals surface area (Å²) in [6.45, 7) is 0. The fourth-order valence-corrected chi connectivity index (χ4v) is 5.84. The number of rotatable bonds is 0. The maximum absolute atomic E-state index is 9.13. The third-order valence-electron chi connectivity index (χ3n) is 6.08. The van der Waals surface area contributed by atoms with E-state index in [1.807, 2.05) is 0 Å². The fraction of sp³-hybridized carbons (Fsp3) is 0.733. The van der Waals surface area contributed by atoms with Crippen molar-refractivity contribution < 1.29 is 0 Å². The van der Waals surface area contributed by atoms with Crippen molar-refractivity contribution in [3.05, 3.63) is 11.1 Å². The lowest BCUT2D eigenvalue weighted by Crippen LogP contribution is -2.27. The lowest BCUT2D eigenvalue weighted by atomic mass is 9.71. The van der Waals surface area contributed by atoms with Crippen LogP contribution in [0.2, 0.25) is 0 Å². The Morgan fingerprint density at radius 1 is 0.882 bits per heavy atom. The minimum atomic E-state index is 0.464. The summed E-state index contributed by atoms with van der Waals surface area (Å²) in [5.74, 6) is 4.76. The molecule has 0 N–H and O–H groups in total. The van der Waals surface area contributed by atoms with E-state index in [2.05, 4.69) is 12.1 Å². The molecule has 0 amide bonds. The third kappa shape index (κ3) is 1.00. The van der Waals surface area contributed by atoms with Crippen LogP contribution < -0.4 is 0 Å². The number of fused-ring (bicyclic) bond motifs is 9. The Labute approximate surface area is 102 Å². The van der Waals surface area contributed by atoms with Crippen molar-refractivity contribution in [3.8, 4) is 12.1 Å². The SMILES string of the molecule is N#CC(C#N)=C1[C@H]2CC[C@@H]1[C@@H]1[C@H]3CC[C@H](C3)[C@@H]12. The van der Waals surface area contributed by atoms with Gasteiger partial charge in [-0.1, -0.05) is 0 Å². The van der Waals surface area contributed by atoms with Gasteiger partial charge in [0.25, 0.3) is 0 Å². The molecule has 17 heavy (non-hydrogen) atoms. The lowest BCUT2D eigenvalue weighted by Gasteiger charge is -2.33. The van der Waals surface area contributed by atoms with Gasteiger partial charge < -0.3 is 0 Å². The van der Waals surface area contributed by atoms with Crippen molar-refractivity contribution >= 4 is 0 Å². The number of hydrogen-bond acceptors (Lipinski definition) is 2. The summed E-state index contributed by atoms with van der Waals surface area (Å²) in [6, 6.07) is 4.30. The zero-order chi connectivity index (χ0) is 11.6. The van der Waals surface area contributed by atoms with Crippen LogP contribution in [0.4, 0.5) is 0 Å². The Bertz CT molecular complexity index is 448. The molecule has 0 saturated heterocycles. The second-order valence-corrected chi connectivity index (χ2v) is 6.33. The van der Waals surface area contributed by atoms with Crippen LogP contribution in [0.1, 0.15) is 32.1 Å². The maximum Gasteiger partial charge on any atom is 0.129 e. The summed E-state index contributed by atoms with van der Waals surface area (Å²) in [5, 5.41) is 18.3. The Hall–Kier alpha value is -1.28. The first-order valence-electron chi connectivity index (χ1n) is 6.89. The third-order valence-corrected chi connectivity index (χ3v) is 6.08. The van der Waals surface area contributed by atoms with E-state index < -0.39 is 0 Å². The van der Waals surface area contributed by atoms with Crippen molar-refractivity contribution in [2.75, 3.05) is 0 Å². The van der Waals surface area contributed by atoms with Gasteiger partial charge in [-0.05, 0) is 73.2 Å². The van der Waals surface area contributed by atoms with E-state index in [9.17, 15) is 0 Å². The van der Waals surface area contributed by atoms with E-state index in [1.54, 1.807) is 0 Å². The molecule has 0 aromatic rings. The van der Waals surface area contributed by atoms with Gasteiger partial charge in [0.1, 0.15) is 17.7 Å². The second-order valence-electron chi connectivity index (χ2n) is 6.33. The molecule has 4 saturated carbocycles. The summed E-state index contributed by atoms with van der Waals surface area (Å²) in [5.41, 5.74) is 1.74. The predicted octanol–water partition coefficient (Wildman–Crippen LogP) is 3.03. The molecule has 4 aliphatic carbocycles. The van der Waals surface area contributed by atoms with Crippen LogP contribution in [0, 0.1) is 58.2 Å². The van der Waals surface area contributed by atoms with Crippen LogP contribution in [0.5, 0.6) is 0 Å². The standard InChI is InChI=1S/C15H16N2/c16-6-10(7-17)13-11-3-4-12(13)15-9-2-1-8(5-9)14(11)15/h8-9,11-12,14-15H,1-5H2/t8-,9+,11-,12+,14-,15+. The Kier molecular flexibility index (Phi) is 1.79. The van der Waals surface area contributed by atoms with Crippen LogP contribution in [0.25, 0.3) is 0 Å². The molecule has 6 atom stereocenters. The fourth-order valence-electron chi connectivity index (χ4n) is 5.84. The van der Waals surface area contributed by atoms with Crippen molar-refractivity contribution in [3.63, 3.8) is 0 Å². The van der Waals surface area contributed by atoms with Gasteiger partial charge in [0.15, 0.2) is 0 Å². The normalized spacial score (nSPS) is 48.9. The smallest absolute Gasteiger partial charge is 0.129 e. The first-order chi connectivity index (χ1) is 8.35. The van der Waals surface area contributed by atoms with E-state index in [-0.39, 0.29) is 0 Å². The molecule has 2 heteroatoms. The summed E-state index contributed by atoms with van der Waals surface area (Å²) in [6.07, 6.45) is 6.77. The Morgan fingerprint density at radius 2 is 1.41 bits per heavy atom. The molecule has 0 aliphatic heterocycles. The van der Waals surface area contributed by atoms with Gasteiger partial charge in [-0.25, -0.2) is 0 Å². The molecule has 0 spiro atoms. The van der Waals surface area contributed by atoms with Gasteiger partial charge in [0.2, 0.25) is 0 Å². The molecule has 0 aromatic heterocycles. The van der Waals surface area contributed by atoms with Gasteiger partial charge >= 0.3 is 0 Å². The molecule has 0 unspecified atom stereocenters. The highest BCUT2D eigenvalue weighted by Crippen LogP contribution is 2.69. The minimum Gasteiger partial charge on any atom is -0.192 e. The van der Waals surface area contributed by atoms with Crippen molar-refractivity contribution in [1.82, 2.24) is 0 Å². The predicted molar refractivity (Wildman–Crippen MR) is 62.3 cm³/mol. The van der Waals surface area contributed by atoms with Crippen LogP contribution in [0.3, 0.4) is 0 Å².